The molecule has 1 aliphatic rings. The first-order valence-electron chi connectivity index (χ1n) is 9.35. The predicted octanol–water partition coefficient (Wildman–Crippen LogP) is 4.57. The Kier molecular flexibility index (Phi) is 4.47. The molecule has 0 radical (unpaired) electrons. The smallest absolute Gasteiger partial charge is 0.255 e. The van der Waals surface area contributed by atoms with E-state index in [1.54, 1.807) is 4.90 Å². The van der Waals surface area contributed by atoms with Gasteiger partial charge in [0.15, 0.2) is 5.54 Å². The van der Waals surface area contributed by atoms with Gasteiger partial charge in [-0.2, -0.15) is 0 Å². The van der Waals surface area contributed by atoms with Gasteiger partial charge < -0.3 is 5.32 Å². The van der Waals surface area contributed by atoms with Crippen molar-refractivity contribution in [2.24, 2.45) is 0 Å². The lowest BCUT2D eigenvalue weighted by Gasteiger charge is -2.50. The highest BCUT2D eigenvalue weighted by molar-refractivity contribution is 6.17. The van der Waals surface area contributed by atoms with Gasteiger partial charge in [-0.1, -0.05) is 66.2 Å². The van der Waals surface area contributed by atoms with Crippen molar-refractivity contribution >= 4 is 23.2 Å². The molecule has 0 spiro atoms. The molecule has 0 saturated carbocycles. The molecule has 4 heteroatoms. The maximum absolute atomic E-state index is 13.6. The average Bonchev–Trinajstić information content (AvgIpc) is 2.70. The first-order valence-corrected chi connectivity index (χ1v) is 9.35. The SMILES string of the molecule is Cc1ccc(N2C(=O)C[C@]2(C(=O)Nc2ccccc2C)c2ccccc2)cc1. The number of carbonyl (C=O) groups is 2. The van der Waals surface area contributed by atoms with Gasteiger partial charge in [0.25, 0.3) is 5.91 Å². The molecule has 3 aromatic carbocycles. The number of nitrogens with zero attached hydrogens (tertiary/aromatic N) is 1. The third kappa shape index (κ3) is 2.87. The lowest BCUT2D eigenvalue weighted by atomic mass is 9.76. The van der Waals surface area contributed by atoms with Crippen LogP contribution in [0.25, 0.3) is 0 Å². The summed E-state index contributed by atoms with van der Waals surface area (Å²) in [5.74, 6) is -0.263. The number of amides is 2. The minimum Gasteiger partial charge on any atom is -0.323 e. The van der Waals surface area contributed by atoms with Crippen LogP contribution in [0.3, 0.4) is 0 Å². The van der Waals surface area contributed by atoms with Crippen molar-refractivity contribution in [3.8, 4) is 0 Å². The monoisotopic (exact) mass is 370 g/mol. The van der Waals surface area contributed by atoms with Gasteiger partial charge in [-0.25, -0.2) is 0 Å². The van der Waals surface area contributed by atoms with Crippen molar-refractivity contribution in [1.29, 1.82) is 0 Å². The van der Waals surface area contributed by atoms with Crippen LogP contribution in [0, 0.1) is 13.8 Å². The number of benzene rings is 3. The Morgan fingerprint density at radius 2 is 1.54 bits per heavy atom. The summed E-state index contributed by atoms with van der Waals surface area (Å²) in [5.41, 5.74) is 3.31. The summed E-state index contributed by atoms with van der Waals surface area (Å²) in [4.78, 5) is 27.9. The Morgan fingerprint density at radius 1 is 0.893 bits per heavy atom. The van der Waals surface area contributed by atoms with Gasteiger partial charge in [-0.05, 0) is 43.2 Å². The van der Waals surface area contributed by atoms with Crippen LogP contribution in [0.1, 0.15) is 23.1 Å². The lowest BCUT2D eigenvalue weighted by molar-refractivity contribution is -0.137. The fourth-order valence-electron chi connectivity index (χ4n) is 3.75. The van der Waals surface area contributed by atoms with E-state index in [0.29, 0.717) is 0 Å². The number of hydrogen-bond acceptors (Lipinski definition) is 2. The first-order chi connectivity index (χ1) is 13.5. The molecule has 28 heavy (non-hydrogen) atoms. The Balaban J connectivity index is 1.79. The van der Waals surface area contributed by atoms with E-state index >= 15 is 0 Å². The molecule has 4 rings (SSSR count). The van der Waals surface area contributed by atoms with E-state index in [4.69, 9.17) is 0 Å². The number of carbonyl (C=O) groups excluding carboxylic acids is 2. The van der Waals surface area contributed by atoms with E-state index in [1.807, 2.05) is 92.7 Å². The molecule has 1 fully saturated rings. The number of aryl methyl sites for hydroxylation is 2. The van der Waals surface area contributed by atoms with Crippen LogP contribution in [0.2, 0.25) is 0 Å². The van der Waals surface area contributed by atoms with Crippen molar-refractivity contribution in [2.75, 3.05) is 10.2 Å². The van der Waals surface area contributed by atoms with Gasteiger partial charge in [-0.3, -0.25) is 14.5 Å². The maximum Gasteiger partial charge on any atom is 0.255 e. The van der Waals surface area contributed by atoms with Crippen LogP contribution >= 0.6 is 0 Å². The predicted molar refractivity (Wildman–Crippen MR) is 111 cm³/mol. The fraction of sp³-hybridized carbons (Fsp3) is 0.167. The van der Waals surface area contributed by atoms with Crippen LogP contribution in [0.15, 0.2) is 78.9 Å². The molecule has 1 saturated heterocycles. The van der Waals surface area contributed by atoms with Crippen LogP contribution < -0.4 is 10.2 Å². The van der Waals surface area contributed by atoms with E-state index in [-0.39, 0.29) is 18.2 Å². The summed E-state index contributed by atoms with van der Waals surface area (Å²) in [7, 11) is 0. The highest BCUT2D eigenvalue weighted by Gasteiger charge is 2.58. The molecule has 140 valence electrons. The normalized spacial score (nSPS) is 18.5. The van der Waals surface area contributed by atoms with Gasteiger partial charge >= 0.3 is 0 Å². The summed E-state index contributed by atoms with van der Waals surface area (Å²) in [6.07, 6.45) is 0.141. The van der Waals surface area contributed by atoms with Crippen molar-refractivity contribution in [1.82, 2.24) is 0 Å². The van der Waals surface area contributed by atoms with Gasteiger partial charge in [0, 0.05) is 11.4 Å². The summed E-state index contributed by atoms with van der Waals surface area (Å²) in [6.45, 7) is 3.95. The van der Waals surface area contributed by atoms with Crippen LogP contribution in [-0.2, 0) is 15.1 Å². The van der Waals surface area contributed by atoms with E-state index in [9.17, 15) is 9.59 Å². The standard InChI is InChI=1S/C24H22N2O2/c1-17-12-14-20(15-13-17)26-22(27)16-24(26,19-9-4-3-5-10-19)23(28)25-21-11-7-6-8-18(21)2/h3-15H,16H2,1-2H3,(H,25,28)/t24-/m1/s1. The quantitative estimate of drug-likeness (QED) is 0.684. The number of nitrogens with one attached hydrogen (secondary N) is 1. The topological polar surface area (TPSA) is 49.4 Å². The van der Waals surface area contributed by atoms with E-state index in [1.165, 1.54) is 0 Å². The van der Waals surface area contributed by atoms with Gasteiger partial charge in [0.1, 0.15) is 0 Å². The van der Waals surface area contributed by atoms with Gasteiger partial charge in [0.05, 0.1) is 6.42 Å². The average molecular weight is 370 g/mol. The minimum absolute atomic E-state index is 0.0624. The molecule has 4 nitrogen and oxygen atoms in total. The largest absolute Gasteiger partial charge is 0.323 e. The van der Waals surface area contributed by atoms with E-state index < -0.39 is 5.54 Å². The van der Waals surface area contributed by atoms with Crippen LogP contribution in [-0.4, -0.2) is 11.8 Å². The second-order valence-electron chi connectivity index (χ2n) is 7.24. The summed E-state index contributed by atoms with van der Waals surface area (Å²) in [6, 6.07) is 24.9. The highest BCUT2D eigenvalue weighted by atomic mass is 16.2. The number of β-lactam (4-membered cyclic amide) rings is 1. The molecule has 1 aliphatic heterocycles. The zero-order valence-corrected chi connectivity index (χ0v) is 16.0. The van der Waals surface area contributed by atoms with Gasteiger partial charge in [0.2, 0.25) is 5.91 Å². The minimum atomic E-state index is -1.06. The first kappa shape index (κ1) is 18.0. The Morgan fingerprint density at radius 3 is 2.18 bits per heavy atom. The van der Waals surface area contributed by atoms with Crippen LogP contribution in [0.4, 0.5) is 11.4 Å². The van der Waals surface area contributed by atoms with Crippen molar-refractivity contribution < 1.29 is 9.59 Å². The molecule has 1 atom stereocenters. The maximum atomic E-state index is 13.6. The molecule has 3 aromatic rings. The van der Waals surface area contributed by atoms with Crippen LogP contribution in [0.5, 0.6) is 0 Å². The molecular weight excluding hydrogens is 348 g/mol. The summed E-state index contributed by atoms with van der Waals surface area (Å²) < 4.78 is 0. The molecule has 1 N–H and O–H groups in total. The number of para-hydroxylation sites is 1. The molecule has 0 bridgehead atoms. The van der Waals surface area contributed by atoms with Crippen molar-refractivity contribution in [2.45, 2.75) is 25.8 Å². The van der Waals surface area contributed by atoms with Crippen molar-refractivity contribution in [3.05, 3.63) is 95.6 Å². The second kappa shape index (κ2) is 6.97. The molecular formula is C24H22N2O2. The zero-order chi connectivity index (χ0) is 19.7. The fourth-order valence-corrected chi connectivity index (χ4v) is 3.75. The van der Waals surface area contributed by atoms with E-state index in [2.05, 4.69) is 5.32 Å². The van der Waals surface area contributed by atoms with Crippen molar-refractivity contribution in [3.63, 3.8) is 0 Å². The Labute approximate surface area is 164 Å². The van der Waals surface area contributed by atoms with E-state index in [0.717, 1.165) is 28.1 Å². The third-order valence-electron chi connectivity index (χ3n) is 5.35. The zero-order valence-electron chi connectivity index (χ0n) is 16.0. The molecule has 2 amide bonds. The number of anilines is 2. The Hall–Kier alpha value is -3.40. The van der Waals surface area contributed by atoms with Gasteiger partial charge in [-0.15, -0.1) is 0 Å². The number of rotatable bonds is 4. The molecule has 0 aromatic heterocycles. The third-order valence-corrected chi connectivity index (χ3v) is 5.35. The highest BCUT2D eigenvalue weighted by Crippen LogP contribution is 2.45. The Bertz CT molecular complexity index is 1030. The second-order valence-corrected chi connectivity index (χ2v) is 7.24. The molecule has 0 aliphatic carbocycles. The molecule has 0 unspecified atom stereocenters. The molecule has 1 heterocycles. The lowest BCUT2D eigenvalue weighted by Crippen LogP contribution is -2.67. The summed E-state index contributed by atoms with van der Waals surface area (Å²) in [5, 5.41) is 3.05. The number of hydrogen-bond donors (Lipinski definition) is 1. The summed E-state index contributed by atoms with van der Waals surface area (Å²) >= 11 is 0.